The van der Waals surface area contributed by atoms with Crippen molar-refractivity contribution >= 4 is 34.0 Å². The number of aryl methyl sites for hydroxylation is 1. The van der Waals surface area contributed by atoms with E-state index in [9.17, 15) is 24.8 Å². The minimum atomic E-state index is -0.938. The highest BCUT2D eigenvalue weighted by atomic mass is 35.5. The second-order valence-corrected chi connectivity index (χ2v) is 5.79. The summed E-state index contributed by atoms with van der Waals surface area (Å²) in [5, 5.41) is 22.0. The van der Waals surface area contributed by atoms with E-state index < -0.39 is 33.3 Å². The highest BCUT2D eigenvalue weighted by Crippen LogP contribution is 2.30. The van der Waals surface area contributed by atoms with Crippen molar-refractivity contribution in [3.05, 3.63) is 79.1 Å². The highest BCUT2D eigenvalue weighted by Gasteiger charge is 2.28. The van der Waals surface area contributed by atoms with Crippen molar-refractivity contribution in [2.45, 2.75) is 0 Å². The topological polar surface area (TPSA) is 102 Å². The fourth-order valence-corrected chi connectivity index (χ4v) is 2.83. The van der Waals surface area contributed by atoms with Crippen molar-refractivity contribution in [1.82, 2.24) is 4.57 Å². The molecule has 0 spiro atoms. The van der Waals surface area contributed by atoms with Gasteiger partial charge in [-0.1, -0.05) is 23.7 Å². The Labute approximate surface area is 145 Å². The maximum absolute atomic E-state index is 12.8. The lowest BCUT2D eigenvalue weighted by Crippen LogP contribution is -2.25. The van der Waals surface area contributed by atoms with Gasteiger partial charge in [-0.3, -0.25) is 19.7 Å². The van der Waals surface area contributed by atoms with E-state index in [0.717, 1.165) is 12.1 Å². The van der Waals surface area contributed by atoms with E-state index in [1.807, 2.05) is 0 Å². The Kier molecular flexibility index (Phi) is 4.02. The first-order valence-corrected chi connectivity index (χ1v) is 7.50. The maximum atomic E-state index is 12.8. The Hall–Kier alpha value is -3.19. The van der Waals surface area contributed by atoms with Gasteiger partial charge >= 0.3 is 0 Å². The summed E-state index contributed by atoms with van der Waals surface area (Å²) < 4.78 is 1.21. The van der Waals surface area contributed by atoms with Crippen LogP contribution in [0.2, 0.25) is 5.02 Å². The Morgan fingerprint density at radius 2 is 1.92 bits per heavy atom. The Morgan fingerprint density at radius 3 is 2.60 bits per heavy atom. The number of carbonyl (C=O) groups excluding carboxylic acids is 1. The average Bonchev–Trinajstić information content (AvgIpc) is 2.59. The van der Waals surface area contributed by atoms with Crippen molar-refractivity contribution < 1.29 is 14.8 Å². The van der Waals surface area contributed by atoms with Crippen molar-refractivity contribution in [1.29, 1.82) is 0 Å². The summed E-state index contributed by atoms with van der Waals surface area (Å²) in [5.74, 6) is -1.44. The highest BCUT2D eigenvalue weighted by molar-refractivity contribution is 6.31. The second-order valence-electron chi connectivity index (χ2n) is 5.35. The van der Waals surface area contributed by atoms with E-state index in [0.29, 0.717) is 10.9 Å². The first-order valence-electron chi connectivity index (χ1n) is 7.12. The van der Waals surface area contributed by atoms with E-state index in [1.54, 1.807) is 24.3 Å². The Morgan fingerprint density at radius 1 is 1.24 bits per heavy atom. The molecule has 0 aliphatic carbocycles. The zero-order valence-corrected chi connectivity index (χ0v) is 13.6. The lowest BCUT2D eigenvalue weighted by molar-refractivity contribution is -0.385. The number of para-hydroxylation sites is 1. The van der Waals surface area contributed by atoms with E-state index >= 15 is 0 Å². The molecular formula is C17H11ClN2O5. The van der Waals surface area contributed by atoms with Gasteiger partial charge in [-0.2, -0.15) is 0 Å². The van der Waals surface area contributed by atoms with Crippen molar-refractivity contribution in [3.63, 3.8) is 0 Å². The van der Waals surface area contributed by atoms with Crippen LogP contribution >= 0.6 is 11.6 Å². The second kappa shape index (κ2) is 6.03. The van der Waals surface area contributed by atoms with Crippen molar-refractivity contribution in [2.75, 3.05) is 0 Å². The first-order chi connectivity index (χ1) is 11.8. The molecular weight excluding hydrogens is 348 g/mol. The Bertz CT molecular complexity index is 1100. The van der Waals surface area contributed by atoms with Crippen LogP contribution in [0.15, 0.2) is 47.3 Å². The van der Waals surface area contributed by atoms with E-state index in [4.69, 9.17) is 11.6 Å². The molecule has 0 atom stereocenters. The fraction of sp³-hybridized carbons (Fsp3) is 0.0588. The van der Waals surface area contributed by atoms with Crippen molar-refractivity contribution in [3.8, 4) is 5.75 Å². The normalized spacial score (nSPS) is 10.8. The van der Waals surface area contributed by atoms with Gasteiger partial charge in [0.05, 0.1) is 10.4 Å². The van der Waals surface area contributed by atoms with Crippen LogP contribution in [0.4, 0.5) is 5.69 Å². The van der Waals surface area contributed by atoms with Gasteiger partial charge in [-0.25, -0.2) is 0 Å². The predicted molar refractivity (Wildman–Crippen MR) is 92.4 cm³/mol. The number of nitro groups is 1. The summed E-state index contributed by atoms with van der Waals surface area (Å²) >= 11 is 5.75. The third-order valence-corrected chi connectivity index (χ3v) is 4.14. The largest absolute Gasteiger partial charge is 0.506 e. The zero-order valence-electron chi connectivity index (χ0n) is 12.9. The summed E-state index contributed by atoms with van der Waals surface area (Å²) in [6.07, 6.45) is 0. The molecule has 1 heterocycles. The van der Waals surface area contributed by atoms with Crippen LogP contribution in [0.5, 0.6) is 5.75 Å². The molecule has 1 N–H and O–H groups in total. The number of fused-ring (bicyclic) bond motifs is 1. The van der Waals surface area contributed by atoms with Gasteiger partial charge in [0, 0.05) is 23.5 Å². The molecule has 0 saturated heterocycles. The van der Waals surface area contributed by atoms with Crippen LogP contribution in [-0.4, -0.2) is 20.4 Å². The SMILES string of the molecule is Cn1c(=O)c(C(=O)c2ccc(Cl)cc2[N+](=O)[O-])c(O)c2ccccc21. The summed E-state index contributed by atoms with van der Waals surface area (Å²) in [5.41, 5.74) is -1.69. The quantitative estimate of drug-likeness (QED) is 0.440. The lowest BCUT2D eigenvalue weighted by Gasteiger charge is -2.11. The van der Waals surface area contributed by atoms with Gasteiger partial charge in [0.2, 0.25) is 5.78 Å². The molecule has 3 rings (SSSR count). The van der Waals surface area contributed by atoms with Crippen LogP contribution in [0.1, 0.15) is 15.9 Å². The number of benzene rings is 2. The molecule has 0 aliphatic heterocycles. The molecule has 7 nitrogen and oxygen atoms in total. The Balaban J connectivity index is 2.33. The smallest absolute Gasteiger partial charge is 0.282 e. The van der Waals surface area contributed by atoms with Gasteiger partial charge in [-0.05, 0) is 24.3 Å². The summed E-state index contributed by atoms with van der Waals surface area (Å²) in [7, 11) is 1.46. The standard InChI is InChI=1S/C17H11ClN2O5/c1-19-12-5-3-2-4-10(12)15(21)14(17(19)23)16(22)11-7-6-9(18)8-13(11)20(24)25/h2-8,21H,1H3. The number of pyridine rings is 1. The number of aromatic nitrogens is 1. The van der Waals surface area contributed by atoms with Gasteiger partial charge in [-0.15, -0.1) is 0 Å². The number of nitro benzene ring substituents is 1. The monoisotopic (exact) mass is 358 g/mol. The molecule has 1 aromatic heterocycles. The number of rotatable bonds is 3. The summed E-state index contributed by atoms with van der Waals surface area (Å²) in [6.45, 7) is 0. The maximum Gasteiger partial charge on any atom is 0.282 e. The van der Waals surface area contributed by atoms with Crippen LogP contribution in [-0.2, 0) is 7.05 Å². The third-order valence-electron chi connectivity index (χ3n) is 3.90. The number of aromatic hydroxyl groups is 1. The molecule has 0 radical (unpaired) electrons. The molecule has 25 heavy (non-hydrogen) atoms. The van der Waals surface area contributed by atoms with E-state index in [2.05, 4.69) is 0 Å². The molecule has 3 aromatic rings. The molecule has 0 unspecified atom stereocenters. The van der Waals surface area contributed by atoms with Crippen LogP contribution in [0, 0.1) is 10.1 Å². The number of nitrogens with zero attached hydrogens (tertiary/aromatic N) is 2. The average molecular weight is 359 g/mol. The lowest BCUT2D eigenvalue weighted by atomic mass is 10.00. The van der Waals surface area contributed by atoms with Crippen LogP contribution in [0.25, 0.3) is 10.9 Å². The number of carbonyl (C=O) groups is 1. The summed E-state index contributed by atoms with van der Waals surface area (Å²) in [6, 6.07) is 10.0. The van der Waals surface area contributed by atoms with E-state index in [1.165, 1.54) is 17.7 Å². The molecule has 8 heteroatoms. The number of hydrogen-bond donors (Lipinski definition) is 1. The molecule has 0 aliphatic rings. The number of hydrogen-bond acceptors (Lipinski definition) is 5. The first kappa shape index (κ1) is 16.7. The molecule has 0 fully saturated rings. The minimum absolute atomic E-state index is 0.0823. The van der Waals surface area contributed by atoms with Crippen molar-refractivity contribution in [2.24, 2.45) is 7.05 Å². The predicted octanol–water partition coefficient (Wildman–Crippen LogP) is 3.04. The molecule has 0 bridgehead atoms. The van der Waals surface area contributed by atoms with Gasteiger partial charge in [0.15, 0.2) is 0 Å². The van der Waals surface area contributed by atoms with Gasteiger partial charge < -0.3 is 9.67 Å². The van der Waals surface area contributed by atoms with E-state index in [-0.39, 0.29) is 10.6 Å². The molecule has 0 saturated carbocycles. The molecule has 0 amide bonds. The van der Waals surface area contributed by atoms with Gasteiger partial charge in [0.1, 0.15) is 16.9 Å². The molecule has 2 aromatic carbocycles. The summed E-state index contributed by atoms with van der Waals surface area (Å²) in [4.78, 5) is 35.8. The van der Waals surface area contributed by atoms with Crippen LogP contribution in [0.3, 0.4) is 0 Å². The number of halogens is 1. The fourth-order valence-electron chi connectivity index (χ4n) is 2.67. The zero-order chi connectivity index (χ0) is 18.3. The number of ketones is 1. The van der Waals surface area contributed by atoms with Crippen LogP contribution < -0.4 is 5.56 Å². The minimum Gasteiger partial charge on any atom is -0.506 e. The third kappa shape index (κ3) is 2.64. The molecule has 126 valence electrons. The van der Waals surface area contributed by atoms with Gasteiger partial charge in [0.25, 0.3) is 11.2 Å².